The Morgan fingerprint density at radius 3 is 2.21 bits per heavy atom. The molecule has 0 aliphatic rings. The Balaban J connectivity index is 2.92. The average molecular weight is 305 g/mol. The van der Waals surface area contributed by atoms with Gasteiger partial charge in [0.25, 0.3) is 0 Å². The highest BCUT2D eigenvalue weighted by Gasteiger charge is 2.27. The predicted molar refractivity (Wildman–Crippen MR) is 53.9 cm³/mol. The van der Waals surface area contributed by atoms with Gasteiger partial charge in [-0.15, -0.1) is 0 Å². The van der Waals surface area contributed by atoms with Crippen molar-refractivity contribution in [2.75, 3.05) is 6.61 Å². The minimum absolute atomic E-state index is 0.608. The van der Waals surface area contributed by atoms with E-state index in [0.29, 0.717) is 12.1 Å². The number of nitrogens with two attached hydrogens (primary N) is 1. The van der Waals surface area contributed by atoms with E-state index in [-0.39, 0.29) is 0 Å². The van der Waals surface area contributed by atoms with E-state index >= 15 is 0 Å². The van der Waals surface area contributed by atoms with Crippen LogP contribution in [-0.2, 0) is 10.0 Å². The van der Waals surface area contributed by atoms with E-state index in [0.717, 1.165) is 0 Å². The summed E-state index contributed by atoms with van der Waals surface area (Å²) in [4.78, 5) is -1.10. The second-order valence-electron chi connectivity index (χ2n) is 3.45. The Morgan fingerprint density at radius 2 is 1.74 bits per heavy atom. The van der Waals surface area contributed by atoms with Gasteiger partial charge in [-0.3, -0.25) is 0 Å². The fraction of sp³-hybridized carbons (Fsp3) is 0.333. The van der Waals surface area contributed by atoms with E-state index in [4.69, 9.17) is 0 Å². The monoisotopic (exact) mass is 305 g/mol. The Bertz CT molecular complexity index is 570. The molecule has 1 aromatic carbocycles. The van der Waals surface area contributed by atoms with Crippen LogP contribution in [0.1, 0.15) is 6.42 Å². The molecule has 108 valence electrons. The smallest absolute Gasteiger partial charge is 0.392 e. The first kappa shape index (κ1) is 15.6. The number of alkyl halides is 3. The quantitative estimate of drug-likeness (QED) is 0.864. The lowest BCUT2D eigenvalue weighted by Crippen LogP contribution is -2.16. The second-order valence-corrected chi connectivity index (χ2v) is 4.98. The third-order valence-electron chi connectivity index (χ3n) is 1.96. The molecule has 19 heavy (non-hydrogen) atoms. The van der Waals surface area contributed by atoms with E-state index in [1.165, 1.54) is 0 Å². The molecule has 0 fully saturated rings. The number of hydrogen-bond donors (Lipinski definition) is 1. The molecule has 0 amide bonds. The van der Waals surface area contributed by atoms with Crippen LogP contribution < -0.4 is 9.88 Å². The summed E-state index contributed by atoms with van der Waals surface area (Å²) < 4.78 is 88.1. The van der Waals surface area contributed by atoms with Gasteiger partial charge >= 0.3 is 6.18 Å². The number of benzene rings is 1. The highest BCUT2D eigenvalue weighted by Crippen LogP contribution is 2.26. The number of rotatable bonds is 4. The number of hydrogen-bond acceptors (Lipinski definition) is 3. The lowest BCUT2D eigenvalue weighted by Gasteiger charge is -2.10. The van der Waals surface area contributed by atoms with E-state index < -0.39 is 51.5 Å². The molecule has 0 heterocycles. The van der Waals surface area contributed by atoms with Crippen LogP contribution in [0, 0.1) is 11.6 Å². The lowest BCUT2D eigenvalue weighted by atomic mass is 10.3. The summed E-state index contributed by atoms with van der Waals surface area (Å²) >= 11 is 0. The molecule has 0 bridgehead atoms. The molecule has 10 heteroatoms. The van der Waals surface area contributed by atoms with Gasteiger partial charge in [0.2, 0.25) is 15.8 Å². The van der Waals surface area contributed by atoms with Crippen molar-refractivity contribution in [2.45, 2.75) is 17.5 Å². The van der Waals surface area contributed by atoms with E-state index in [1.54, 1.807) is 0 Å². The maximum Gasteiger partial charge on any atom is 0.392 e. The van der Waals surface area contributed by atoms with Crippen molar-refractivity contribution in [1.82, 2.24) is 0 Å². The van der Waals surface area contributed by atoms with Crippen molar-refractivity contribution >= 4 is 10.0 Å². The molecule has 0 atom stereocenters. The Morgan fingerprint density at radius 1 is 1.16 bits per heavy atom. The molecule has 0 radical (unpaired) electrons. The molecular formula is C9H8F5NO3S. The van der Waals surface area contributed by atoms with Crippen LogP contribution in [0.4, 0.5) is 22.0 Å². The van der Waals surface area contributed by atoms with Gasteiger partial charge in [0.1, 0.15) is 4.90 Å². The van der Waals surface area contributed by atoms with Crippen LogP contribution in [0.25, 0.3) is 0 Å². The summed E-state index contributed by atoms with van der Waals surface area (Å²) in [6, 6.07) is 1.30. The lowest BCUT2D eigenvalue weighted by molar-refractivity contribution is -0.139. The van der Waals surface area contributed by atoms with Crippen molar-refractivity contribution in [3.05, 3.63) is 23.8 Å². The fourth-order valence-electron chi connectivity index (χ4n) is 1.12. The third kappa shape index (κ3) is 4.31. The topological polar surface area (TPSA) is 69.4 Å². The zero-order chi connectivity index (χ0) is 14.8. The molecule has 0 aliphatic heterocycles. The summed E-state index contributed by atoms with van der Waals surface area (Å²) in [7, 11) is -4.47. The second kappa shape index (κ2) is 5.29. The van der Waals surface area contributed by atoms with Gasteiger partial charge in [-0.05, 0) is 12.1 Å². The van der Waals surface area contributed by atoms with Crippen LogP contribution in [0.2, 0.25) is 0 Å². The summed E-state index contributed by atoms with van der Waals surface area (Å²) in [6.45, 7) is -0.922. The number of halogens is 5. The summed E-state index contributed by atoms with van der Waals surface area (Å²) in [6.07, 6.45) is -5.86. The fourth-order valence-corrected chi connectivity index (χ4v) is 1.72. The molecular weight excluding hydrogens is 297 g/mol. The molecule has 0 aromatic heterocycles. The molecule has 2 N–H and O–H groups in total. The van der Waals surface area contributed by atoms with Gasteiger partial charge in [0.15, 0.2) is 11.6 Å². The largest absolute Gasteiger partial charge is 0.490 e. The Hall–Kier alpha value is -1.42. The Kier molecular flexibility index (Phi) is 4.35. The van der Waals surface area contributed by atoms with Gasteiger partial charge in [-0.1, -0.05) is 0 Å². The first-order valence-corrected chi connectivity index (χ1v) is 6.27. The van der Waals surface area contributed by atoms with Crippen LogP contribution in [0.15, 0.2) is 17.0 Å². The minimum atomic E-state index is -4.50. The molecule has 0 spiro atoms. The molecule has 4 nitrogen and oxygen atoms in total. The van der Waals surface area contributed by atoms with Crippen molar-refractivity contribution < 1.29 is 35.1 Å². The van der Waals surface area contributed by atoms with Gasteiger partial charge in [0, 0.05) is 0 Å². The molecule has 0 saturated carbocycles. The maximum absolute atomic E-state index is 13.3. The van der Waals surface area contributed by atoms with Gasteiger partial charge in [0.05, 0.1) is 13.0 Å². The highest BCUT2D eigenvalue weighted by molar-refractivity contribution is 7.89. The number of ether oxygens (including phenoxy) is 1. The van der Waals surface area contributed by atoms with Crippen molar-refractivity contribution in [1.29, 1.82) is 0 Å². The highest BCUT2D eigenvalue weighted by atomic mass is 32.2. The molecule has 0 saturated heterocycles. The molecule has 0 unspecified atom stereocenters. The number of sulfonamides is 1. The predicted octanol–water partition coefficient (Wildman–Crippen LogP) is 1.94. The zero-order valence-corrected chi connectivity index (χ0v) is 9.99. The third-order valence-corrected chi connectivity index (χ3v) is 2.89. The van der Waals surface area contributed by atoms with Crippen LogP contribution in [0.5, 0.6) is 5.75 Å². The average Bonchev–Trinajstić information content (AvgIpc) is 2.20. The van der Waals surface area contributed by atoms with Crippen molar-refractivity contribution in [2.24, 2.45) is 5.14 Å². The summed E-state index contributed by atoms with van der Waals surface area (Å²) in [5.74, 6) is -4.34. The van der Waals surface area contributed by atoms with E-state index in [1.807, 2.05) is 0 Å². The first-order chi connectivity index (χ1) is 8.52. The van der Waals surface area contributed by atoms with E-state index in [2.05, 4.69) is 9.88 Å². The van der Waals surface area contributed by atoms with Crippen LogP contribution in [-0.4, -0.2) is 21.2 Å². The van der Waals surface area contributed by atoms with Crippen LogP contribution in [0.3, 0.4) is 0 Å². The van der Waals surface area contributed by atoms with Crippen molar-refractivity contribution in [3.63, 3.8) is 0 Å². The molecule has 1 aromatic rings. The summed E-state index contributed by atoms with van der Waals surface area (Å²) in [5.41, 5.74) is 0. The summed E-state index contributed by atoms with van der Waals surface area (Å²) in [5, 5.41) is 4.61. The van der Waals surface area contributed by atoms with E-state index in [9.17, 15) is 30.4 Å². The molecule has 1 rings (SSSR count). The van der Waals surface area contributed by atoms with Crippen LogP contribution >= 0.6 is 0 Å². The maximum atomic E-state index is 13.3. The van der Waals surface area contributed by atoms with Gasteiger partial charge in [-0.2, -0.15) is 17.6 Å². The SMILES string of the molecule is NS(=O)(=O)c1ccc(OCCC(F)(F)F)c(F)c1F. The van der Waals surface area contributed by atoms with Crippen molar-refractivity contribution in [3.8, 4) is 5.75 Å². The number of primary sulfonamides is 1. The normalized spacial score (nSPS) is 12.5. The first-order valence-electron chi connectivity index (χ1n) is 4.73. The standard InChI is InChI=1S/C9H8F5NO3S/c10-7-5(18-4-3-9(12,13)14)1-2-6(8(7)11)19(15,16)17/h1-2H,3-4H2,(H2,15,16,17). The Labute approximate surface area is 105 Å². The van der Waals surface area contributed by atoms with Gasteiger partial charge < -0.3 is 4.74 Å². The minimum Gasteiger partial charge on any atom is -0.490 e. The zero-order valence-electron chi connectivity index (χ0n) is 9.17. The molecule has 0 aliphatic carbocycles. The van der Waals surface area contributed by atoms with Gasteiger partial charge in [-0.25, -0.2) is 17.9 Å².